The van der Waals surface area contributed by atoms with Crippen molar-refractivity contribution in [3.63, 3.8) is 0 Å². The van der Waals surface area contributed by atoms with Crippen LogP contribution < -0.4 is 5.73 Å². The first-order chi connectivity index (χ1) is 7.98. The van der Waals surface area contributed by atoms with Gasteiger partial charge in [0.05, 0.1) is 11.7 Å². The second kappa shape index (κ2) is 4.69. The average molecular weight is 236 g/mol. The highest BCUT2D eigenvalue weighted by Gasteiger charge is 2.20. The van der Waals surface area contributed by atoms with Crippen LogP contribution >= 0.6 is 0 Å². The van der Waals surface area contributed by atoms with Gasteiger partial charge in [0.15, 0.2) is 0 Å². The number of nitrogens with two attached hydrogens (primary N) is 1. The number of nitrogens with zero attached hydrogens (tertiary/aromatic N) is 3. The van der Waals surface area contributed by atoms with Crippen LogP contribution in [0.4, 0.5) is 5.82 Å². The van der Waals surface area contributed by atoms with Crippen LogP contribution in [0.15, 0.2) is 6.20 Å². The first-order valence-electron chi connectivity index (χ1n) is 6.53. The third-order valence-corrected chi connectivity index (χ3v) is 3.36. The minimum atomic E-state index is -0.0375. The molecule has 1 saturated heterocycles. The molecule has 0 aromatic carbocycles. The molecule has 0 spiro atoms. The van der Waals surface area contributed by atoms with Gasteiger partial charge in [-0.25, -0.2) is 4.68 Å². The Morgan fingerprint density at radius 1 is 1.24 bits per heavy atom. The Morgan fingerprint density at radius 2 is 1.88 bits per heavy atom. The van der Waals surface area contributed by atoms with Crippen molar-refractivity contribution in [3.05, 3.63) is 11.8 Å². The Morgan fingerprint density at radius 3 is 2.41 bits per heavy atom. The van der Waals surface area contributed by atoms with Gasteiger partial charge in [0.2, 0.25) is 0 Å². The topological polar surface area (TPSA) is 47.1 Å². The first-order valence-corrected chi connectivity index (χ1v) is 6.53. The molecule has 96 valence electrons. The second-order valence-electron chi connectivity index (χ2n) is 5.97. The lowest BCUT2D eigenvalue weighted by molar-refractivity contribution is 0.221. The highest BCUT2D eigenvalue weighted by molar-refractivity contribution is 5.39. The van der Waals surface area contributed by atoms with Gasteiger partial charge < -0.3 is 5.73 Å². The summed E-state index contributed by atoms with van der Waals surface area (Å²) in [5.41, 5.74) is 7.31. The summed E-state index contributed by atoms with van der Waals surface area (Å²) in [4.78, 5) is 2.48. The molecule has 0 atom stereocenters. The fourth-order valence-corrected chi connectivity index (χ4v) is 2.41. The van der Waals surface area contributed by atoms with Crippen molar-refractivity contribution in [1.82, 2.24) is 14.7 Å². The van der Waals surface area contributed by atoms with E-state index in [1.807, 2.05) is 10.9 Å². The smallest absolute Gasteiger partial charge is 0.126 e. The van der Waals surface area contributed by atoms with E-state index in [1.54, 1.807) is 0 Å². The van der Waals surface area contributed by atoms with Crippen molar-refractivity contribution >= 4 is 5.82 Å². The summed E-state index contributed by atoms with van der Waals surface area (Å²) in [6, 6.07) is 0. The van der Waals surface area contributed by atoms with E-state index in [1.165, 1.54) is 37.9 Å². The third kappa shape index (κ3) is 2.80. The Balaban J connectivity index is 2.09. The zero-order chi connectivity index (χ0) is 12.5. The number of piperidine rings is 1. The zero-order valence-corrected chi connectivity index (χ0v) is 11.2. The van der Waals surface area contributed by atoms with Crippen molar-refractivity contribution in [3.8, 4) is 0 Å². The molecule has 1 aliphatic heterocycles. The minimum absolute atomic E-state index is 0.0375. The molecule has 2 rings (SSSR count). The Bertz CT molecular complexity index is 369. The minimum Gasteiger partial charge on any atom is -0.384 e. The number of aromatic nitrogens is 2. The van der Waals surface area contributed by atoms with Crippen molar-refractivity contribution < 1.29 is 0 Å². The van der Waals surface area contributed by atoms with Gasteiger partial charge in [0.25, 0.3) is 0 Å². The van der Waals surface area contributed by atoms with Crippen LogP contribution in [0.3, 0.4) is 0 Å². The van der Waals surface area contributed by atoms with Gasteiger partial charge in [0.1, 0.15) is 5.82 Å². The van der Waals surface area contributed by atoms with E-state index in [0.717, 1.165) is 12.4 Å². The van der Waals surface area contributed by atoms with Crippen molar-refractivity contribution in [1.29, 1.82) is 0 Å². The molecule has 0 aliphatic carbocycles. The molecule has 1 aromatic rings. The number of hydrogen-bond acceptors (Lipinski definition) is 3. The quantitative estimate of drug-likeness (QED) is 0.856. The molecule has 2 heterocycles. The summed E-state index contributed by atoms with van der Waals surface area (Å²) in [5, 5.41) is 4.42. The van der Waals surface area contributed by atoms with Gasteiger partial charge in [-0.1, -0.05) is 6.42 Å². The lowest BCUT2D eigenvalue weighted by Gasteiger charge is -2.26. The van der Waals surface area contributed by atoms with Gasteiger partial charge in [-0.05, 0) is 46.7 Å². The number of anilines is 1. The lowest BCUT2D eigenvalue weighted by Crippen LogP contribution is -2.29. The summed E-state index contributed by atoms with van der Waals surface area (Å²) < 4.78 is 1.92. The number of nitrogen functional groups attached to an aromatic ring is 1. The molecule has 0 bridgehead atoms. The fourth-order valence-electron chi connectivity index (χ4n) is 2.41. The van der Waals surface area contributed by atoms with E-state index >= 15 is 0 Å². The zero-order valence-electron chi connectivity index (χ0n) is 11.2. The van der Waals surface area contributed by atoms with Crippen LogP contribution in [0.5, 0.6) is 0 Å². The largest absolute Gasteiger partial charge is 0.384 e. The Kier molecular flexibility index (Phi) is 3.43. The van der Waals surface area contributed by atoms with Crippen molar-refractivity contribution in [2.45, 2.75) is 52.1 Å². The van der Waals surface area contributed by atoms with Crippen LogP contribution in [0.25, 0.3) is 0 Å². The van der Waals surface area contributed by atoms with E-state index in [0.29, 0.717) is 0 Å². The summed E-state index contributed by atoms with van der Waals surface area (Å²) >= 11 is 0. The maximum absolute atomic E-state index is 6.18. The Labute approximate surface area is 104 Å². The first kappa shape index (κ1) is 12.4. The van der Waals surface area contributed by atoms with Crippen LogP contribution in [0.2, 0.25) is 0 Å². The van der Waals surface area contributed by atoms with Crippen LogP contribution in [0.1, 0.15) is 45.6 Å². The maximum atomic E-state index is 6.18. The highest BCUT2D eigenvalue weighted by Crippen LogP contribution is 2.23. The molecule has 1 aliphatic rings. The standard InChI is InChI=1S/C13H24N4/c1-13(2,3)17-12(14)11(9-15-17)10-16-7-5-4-6-8-16/h9H,4-8,10,14H2,1-3H3. The third-order valence-electron chi connectivity index (χ3n) is 3.36. The van der Waals surface area contributed by atoms with E-state index in [9.17, 15) is 0 Å². The normalized spacial score (nSPS) is 18.5. The monoisotopic (exact) mass is 236 g/mol. The second-order valence-corrected chi connectivity index (χ2v) is 5.97. The van der Waals surface area contributed by atoms with Crippen molar-refractivity contribution in [2.24, 2.45) is 0 Å². The van der Waals surface area contributed by atoms with E-state index in [-0.39, 0.29) is 5.54 Å². The number of likely N-dealkylation sites (tertiary alicyclic amines) is 1. The summed E-state index contributed by atoms with van der Waals surface area (Å²) in [7, 11) is 0. The average Bonchev–Trinajstić information content (AvgIpc) is 2.61. The highest BCUT2D eigenvalue weighted by atomic mass is 15.3. The molecule has 1 aromatic heterocycles. The molecular formula is C13H24N4. The molecule has 4 nitrogen and oxygen atoms in total. The molecule has 0 saturated carbocycles. The van der Waals surface area contributed by atoms with Crippen LogP contribution in [-0.4, -0.2) is 27.8 Å². The van der Waals surface area contributed by atoms with Gasteiger partial charge >= 0.3 is 0 Å². The molecule has 1 fully saturated rings. The SMILES string of the molecule is CC(C)(C)n1ncc(CN2CCCCC2)c1N. The predicted molar refractivity (Wildman–Crippen MR) is 70.8 cm³/mol. The summed E-state index contributed by atoms with van der Waals surface area (Å²) in [5.74, 6) is 0.822. The van der Waals surface area contributed by atoms with Gasteiger partial charge in [-0.3, -0.25) is 4.90 Å². The number of hydrogen-bond donors (Lipinski definition) is 1. The Hall–Kier alpha value is -1.03. The predicted octanol–water partition coefficient (Wildman–Crippen LogP) is 2.21. The molecule has 4 heteroatoms. The van der Waals surface area contributed by atoms with Gasteiger partial charge in [0, 0.05) is 12.1 Å². The van der Waals surface area contributed by atoms with E-state index in [4.69, 9.17) is 5.73 Å². The molecule has 17 heavy (non-hydrogen) atoms. The van der Waals surface area contributed by atoms with Gasteiger partial charge in [-0.15, -0.1) is 0 Å². The van der Waals surface area contributed by atoms with E-state index in [2.05, 4.69) is 30.8 Å². The van der Waals surface area contributed by atoms with Gasteiger partial charge in [-0.2, -0.15) is 5.10 Å². The molecule has 0 unspecified atom stereocenters. The number of rotatable bonds is 2. The molecule has 0 radical (unpaired) electrons. The maximum Gasteiger partial charge on any atom is 0.126 e. The van der Waals surface area contributed by atoms with Crippen molar-refractivity contribution in [2.75, 3.05) is 18.8 Å². The van der Waals surface area contributed by atoms with Crippen LogP contribution in [0, 0.1) is 0 Å². The summed E-state index contributed by atoms with van der Waals surface area (Å²) in [6.45, 7) is 9.71. The fraction of sp³-hybridized carbons (Fsp3) is 0.769. The van der Waals surface area contributed by atoms with Crippen LogP contribution in [-0.2, 0) is 12.1 Å². The summed E-state index contributed by atoms with van der Waals surface area (Å²) in [6.07, 6.45) is 5.92. The van der Waals surface area contributed by atoms with E-state index < -0.39 is 0 Å². The lowest BCUT2D eigenvalue weighted by atomic mass is 10.1. The molecule has 2 N–H and O–H groups in total. The molecule has 0 amide bonds. The molecular weight excluding hydrogens is 212 g/mol.